The van der Waals surface area contributed by atoms with E-state index in [1.54, 1.807) is 0 Å². The summed E-state index contributed by atoms with van der Waals surface area (Å²) >= 11 is 0. The van der Waals surface area contributed by atoms with Gasteiger partial charge in [-0.05, 0) is 47.0 Å². The van der Waals surface area contributed by atoms with Crippen molar-refractivity contribution in [1.29, 1.82) is 0 Å². The van der Waals surface area contributed by atoms with Gasteiger partial charge >= 0.3 is 0 Å². The predicted molar refractivity (Wildman–Crippen MR) is 122 cm³/mol. The largest absolute Gasteiger partial charge is 0.407 e. The molecule has 1 aliphatic carbocycles. The van der Waals surface area contributed by atoms with Crippen molar-refractivity contribution in [3.63, 3.8) is 0 Å². The fourth-order valence-corrected chi connectivity index (χ4v) is 9.53. The minimum absolute atomic E-state index is 0.0418. The maximum Gasteiger partial charge on any atom is 0.261 e. The summed E-state index contributed by atoms with van der Waals surface area (Å²) in [6, 6.07) is 21.4. The zero-order chi connectivity index (χ0) is 21.1. The molecule has 1 N–H and O–H groups in total. The molecule has 0 bridgehead atoms. The molecule has 29 heavy (non-hydrogen) atoms. The van der Waals surface area contributed by atoms with Crippen molar-refractivity contribution >= 4 is 18.7 Å². The van der Waals surface area contributed by atoms with E-state index in [0.717, 1.165) is 12.8 Å². The van der Waals surface area contributed by atoms with E-state index in [1.807, 2.05) is 6.92 Å². The van der Waals surface area contributed by atoms with Crippen molar-refractivity contribution in [3.8, 4) is 0 Å². The third kappa shape index (κ3) is 4.41. The van der Waals surface area contributed by atoms with Crippen molar-refractivity contribution in [2.75, 3.05) is 6.61 Å². The molecule has 2 aromatic rings. The Kier molecular flexibility index (Phi) is 6.79. The monoisotopic (exact) mass is 410 g/mol. The smallest absolute Gasteiger partial charge is 0.261 e. The van der Waals surface area contributed by atoms with Gasteiger partial charge in [0, 0.05) is 6.61 Å². The quantitative estimate of drug-likeness (QED) is 0.301. The average molecular weight is 411 g/mol. The lowest BCUT2D eigenvalue weighted by molar-refractivity contribution is -0.287. The van der Waals surface area contributed by atoms with Gasteiger partial charge in [-0.15, -0.1) is 0 Å². The second-order valence-corrected chi connectivity index (χ2v) is 13.7. The van der Waals surface area contributed by atoms with Crippen LogP contribution < -0.4 is 10.4 Å². The second-order valence-electron chi connectivity index (χ2n) is 9.37. The molecule has 4 heteroatoms. The van der Waals surface area contributed by atoms with Gasteiger partial charge in [-0.1, -0.05) is 93.6 Å². The highest BCUT2D eigenvalue weighted by molar-refractivity contribution is 6.99. The maximum atomic E-state index is 9.25. The molecule has 0 aliphatic heterocycles. The first-order valence-corrected chi connectivity index (χ1v) is 12.4. The first kappa shape index (κ1) is 22.0. The summed E-state index contributed by atoms with van der Waals surface area (Å²) in [5, 5.41) is 11.8. The lowest BCUT2D eigenvalue weighted by Crippen LogP contribution is -2.67. The van der Waals surface area contributed by atoms with Gasteiger partial charge in [-0.3, -0.25) is 5.26 Å². The number of allylic oxidation sites excluding steroid dienone is 1. The maximum absolute atomic E-state index is 9.25. The molecule has 3 atom stereocenters. The Morgan fingerprint density at radius 1 is 1.00 bits per heavy atom. The minimum Gasteiger partial charge on any atom is -0.407 e. The van der Waals surface area contributed by atoms with Crippen LogP contribution in [0.15, 0.2) is 72.8 Å². The van der Waals surface area contributed by atoms with E-state index >= 15 is 0 Å². The van der Waals surface area contributed by atoms with Crippen molar-refractivity contribution in [3.05, 3.63) is 72.8 Å². The van der Waals surface area contributed by atoms with Crippen LogP contribution in [0.3, 0.4) is 0 Å². The van der Waals surface area contributed by atoms with Crippen LogP contribution in [0, 0.1) is 11.8 Å². The molecule has 1 fully saturated rings. The van der Waals surface area contributed by atoms with Crippen LogP contribution in [0.4, 0.5) is 0 Å². The predicted octanol–water partition coefficient (Wildman–Crippen LogP) is 5.02. The first-order chi connectivity index (χ1) is 13.8. The van der Waals surface area contributed by atoms with E-state index < -0.39 is 8.32 Å². The Balaban J connectivity index is 2.01. The summed E-state index contributed by atoms with van der Waals surface area (Å²) < 4.78 is 7.08. The van der Waals surface area contributed by atoms with Crippen LogP contribution in [-0.4, -0.2) is 26.3 Å². The Hall–Kier alpha value is -1.72. The molecule has 1 saturated carbocycles. The topological polar surface area (TPSA) is 38.7 Å². The fraction of sp³-hybridized carbons (Fsp3) is 0.440. The highest BCUT2D eigenvalue weighted by Crippen LogP contribution is 2.41. The van der Waals surface area contributed by atoms with Crippen LogP contribution in [-0.2, 0) is 9.31 Å². The molecule has 3 unspecified atom stereocenters. The molecular formula is C25H34O3Si. The van der Waals surface area contributed by atoms with Gasteiger partial charge in [0.25, 0.3) is 8.32 Å². The highest BCUT2D eigenvalue weighted by Gasteiger charge is 2.51. The van der Waals surface area contributed by atoms with Crippen LogP contribution in [0.25, 0.3) is 0 Å². The number of rotatable bonds is 7. The normalized spacial score (nSPS) is 21.3. The summed E-state index contributed by atoms with van der Waals surface area (Å²) in [6.45, 7) is 13.7. The first-order valence-electron chi connectivity index (χ1n) is 10.5. The van der Waals surface area contributed by atoms with Crippen molar-refractivity contribution in [1.82, 2.24) is 0 Å². The molecule has 3 nitrogen and oxygen atoms in total. The standard InChI is InChI=1S/C25H34O3Si/c1-19-16-21(24(17-19)20(2)28-26)18-27-29(25(3,4)5,22-12-8-6-9-13-22)23-14-10-7-11-15-23/h6-15,20-21,24,26H,1,16-18H2,2-5H3. The summed E-state index contributed by atoms with van der Waals surface area (Å²) in [4.78, 5) is 4.70. The van der Waals surface area contributed by atoms with E-state index in [2.05, 4.69) is 88.0 Å². The number of hydrogen-bond acceptors (Lipinski definition) is 3. The second kappa shape index (κ2) is 8.96. The third-order valence-electron chi connectivity index (χ3n) is 6.38. The van der Waals surface area contributed by atoms with Crippen LogP contribution in [0.1, 0.15) is 40.5 Å². The highest BCUT2D eigenvalue weighted by atomic mass is 28.4. The van der Waals surface area contributed by atoms with Crippen LogP contribution in [0.2, 0.25) is 5.04 Å². The molecule has 156 valence electrons. The molecule has 0 heterocycles. The van der Waals surface area contributed by atoms with Gasteiger partial charge < -0.3 is 4.43 Å². The Morgan fingerprint density at radius 2 is 1.52 bits per heavy atom. The van der Waals surface area contributed by atoms with Gasteiger partial charge in [-0.25, -0.2) is 4.89 Å². The zero-order valence-electron chi connectivity index (χ0n) is 18.1. The molecule has 3 rings (SSSR count). The van der Waals surface area contributed by atoms with Crippen LogP contribution >= 0.6 is 0 Å². The van der Waals surface area contributed by atoms with Crippen LogP contribution in [0.5, 0.6) is 0 Å². The van der Waals surface area contributed by atoms with E-state index in [0.29, 0.717) is 12.5 Å². The van der Waals surface area contributed by atoms with E-state index in [4.69, 9.17) is 9.31 Å². The Morgan fingerprint density at radius 3 is 1.97 bits per heavy atom. The molecule has 0 aromatic heterocycles. The van der Waals surface area contributed by atoms with Gasteiger partial charge in [0.2, 0.25) is 0 Å². The fourth-order valence-electron chi connectivity index (χ4n) is 4.91. The van der Waals surface area contributed by atoms with Gasteiger partial charge in [0.15, 0.2) is 0 Å². The summed E-state index contributed by atoms with van der Waals surface area (Å²) in [7, 11) is -2.55. The van der Waals surface area contributed by atoms with Gasteiger partial charge in [-0.2, -0.15) is 0 Å². The van der Waals surface area contributed by atoms with E-state index in [9.17, 15) is 5.26 Å². The van der Waals surface area contributed by atoms with E-state index in [-0.39, 0.29) is 17.1 Å². The minimum atomic E-state index is -2.55. The summed E-state index contributed by atoms with van der Waals surface area (Å²) in [5.74, 6) is 0.525. The molecule has 0 spiro atoms. The molecule has 2 aromatic carbocycles. The van der Waals surface area contributed by atoms with Crippen molar-refractivity contribution in [2.45, 2.75) is 51.7 Å². The molecule has 0 amide bonds. The Bertz CT molecular complexity index is 758. The van der Waals surface area contributed by atoms with Crippen molar-refractivity contribution in [2.24, 2.45) is 11.8 Å². The molecule has 0 radical (unpaired) electrons. The third-order valence-corrected chi connectivity index (χ3v) is 11.4. The summed E-state index contributed by atoms with van der Waals surface area (Å²) in [6.07, 6.45) is 1.59. The SMILES string of the molecule is C=C1CC(CO[Si](c2ccccc2)(c2ccccc2)C(C)(C)C)C(C(C)OO)C1. The van der Waals surface area contributed by atoms with Gasteiger partial charge in [0.05, 0.1) is 6.10 Å². The molecule has 0 saturated heterocycles. The Labute approximate surface area is 176 Å². The lowest BCUT2D eigenvalue weighted by atomic mass is 9.92. The number of benzene rings is 2. The summed E-state index contributed by atoms with van der Waals surface area (Å²) in [5.41, 5.74) is 1.22. The van der Waals surface area contributed by atoms with E-state index in [1.165, 1.54) is 15.9 Å². The molecule has 1 aliphatic rings. The zero-order valence-corrected chi connectivity index (χ0v) is 19.1. The van der Waals surface area contributed by atoms with Crippen molar-refractivity contribution < 1.29 is 14.6 Å². The average Bonchev–Trinajstić information content (AvgIpc) is 3.09. The molecular weight excluding hydrogens is 376 g/mol. The lowest BCUT2D eigenvalue weighted by Gasteiger charge is -2.44. The number of hydrogen-bond donors (Lipinski definition) is 1. The van der Waals surface area contributed by atoms with Gasteiger partial charge in [0.1, 0.15) is 0 Å².